The van der Waals surface area contributed by atoms with E-state index in [1.807, 2.05) is 0 Å². The number of carbonyl (C=O) groups is 4. The molecule has 0 atom stereocenters. The summed E-state index contributed by atoms with van der Waals surface area (Å²) in [5.74, 6) is -7.68. The maximum Gasteiger partial charge on any atom is 0.420 e. The van der Waals surface area contributed by atoms with Crippen LogP contribution in [0.25, 0.3) is 12.2 Å². The molecule has 3 rings (SSSR count). The second-order valence-electron chi connectivity index (χ2n) is 8.90. The maximum atomic E-state index is 14.2. The molecule has 0 aromatic heterocycles. The minimum absolute atomic E-state index is 0.116. The number of benzene rings is 3. The molecular formula is C33H23F5O10. The van der Waals surface area contributed by atoms with Crippen LogP contribution in [-0.2, 0) is 34.8 Å². The summed E-state index contributed by atoms with van der Waals surface area (Å²) < 4.78 is 98.5. The van der Waals surface area contributed by atoms with Gasteiger partial charge in [0.15, 0.2) is 23.1 Å². The largest absolute Gasteiger partial charge is 0.454 e. The number of hydrogen-bond acceptors (Lipinski definition) is 10. The third-order valence-corrected chi connectivity index (χ3v) is 5.59. The highest BCUT2D eigenvalue weighted by molar-refractivity contribution is 5.90. The van der Waals surface area contributed by atoms with Crippen molar-refractivity contribution in [2.75, 3.05) is 13.6 Å². The van der Waals surface area contributed by atoms with Crippen molar-refractivity contribution >= 4 is 36.0 Å². The third kappa shape index (κ3) is 11.3. The van der Waals surface area contributed by atoms with E-state index in [1.165, 1.54) is 18.2 Å². The lowest BCUT2D eigenvalue weighted by atomic mass is 10.1. The van der Waals surface area contributed by atoms with Crippen LogP contribution >= 0.6 is 0 Å². The number of alkyl halides is 3. The Balaban J connectivity index is 1.62. The molecule has 3 aromatic rings. The van der Waals surface area contributed by atoms with Gasteiger partial charge in [0, 0.05) is 24.3 Å². The molecule has 48 heavy (non-hydrogen) atoms. The van der Waals surface area contributed by atoms with Gasteiger partial charge in [-0.05, 0) is 65.7 Å². The fraction of sp³-hybridized carbons (Fsp3) is 0.0909. The zero-order chi connectivity index (χ0) is 35.3. The lowest BCUT2D eigenvalue weighted by Crippen LogP contribution is -2.13. The van der Waals surface area contributed by atoms with E-state index in [-0.39, 0.29) is 22.6 Å². The van der Waals surface area contributed by atoms with Crippen LogP contribution < -0.4 is 18.9 Å². The Labute approximate surface area is 268 Å². The normalized spacial score (nSPS) is 11.1. The summed E-state index contributed by atoms with van der Waals surface area (Å²) in [7, 11) is 0. The van der Waals surface area contributed by atoms with Crippen molar-refractivity contribution in [1.29, 1.82) is 0 Å². The Kier molecular flexibility index (Phi) is 12.7. The van der Waals surface area contributed by atoms with Gasteiger partial charge < -0.3 is 28.4 Å². The average molecular weight is 675 g/mol. The first-order valence-electron chi connectivity index (χ1n) is 13.2. The van der Waals surface area contributed by atoms with Crippen LogP contribution in [0.1, 0.15) is 16.7 Å². The van der Waals surface area contributed by atoms with Crippen LogP contribution in [0.15, 0.2) is 92.1 Å². The van der Waals surface area contributed by atoms with Crippen LogP contribution in [0.3, 0.4) is 0 Å². The highest BCUT2D eigenvalue weighted by Gasteiger charge is 2.35. The first kappa shape index (κ1) is 36.2. The van der Waals surface area contributed by atoms with E-state index < -0.39 is 72.3 Å². The third-order valence-electron chi connectivity index (χ3n) is 5.59. The zero-order valence-corrected chi connectivity index (χ0v) is 24.5. The van der Waals surface area contributed by atoms with Gasteiger partial charge in [0.25, 0.3) is 0 Å². The van der Waals surface area contributed by atoms with E-state index in [2.05, 4.69) is 22.6 Å². The Morgan fingerprint density at radius 1 is 0.625 bits per heavy atom. The van der Waals surface area contributed by atoms with Crippen molar-refractivity contribution in [2.45, 2.75) is 6.18 Å². The van der Waals surface area contributed by atoms with Crippen molar-refractivity contribution in [3.63, 3.8) is 0 Å². The van der Waals surface area contributed by atoms with Gasteiger partial charge in [0.1, 0.15) is 17.1 Å². The van der Waals surface area contributed by atoms with Gasteiger partial charge in [0.05, 0.1) is 0 Å². The molecule has 0 spiro atoms. The number of ether oxygens (including phenoxy) is 6. The molecule has 0 bridgehead atoms. The van der Waals surface area contributed by atoms with Gasteiger partial charge in [-0.3, -0.25) is 0 Å². The number of hydrogen-bond donors (Lipinski definition) is 0. The zero-order valence-electron chi connectivity index (χ0n) is 24.5. The number of esters is 4. The highest BCUT2D eigenvalue weighted by atomic mass is 19.4. The van der Waals surface area contributed by atoms with Gasteiger partial charge in [-0.15, -0.1) is 0 Å². The Morgan fingerprint density at radius 3 is 1.52 bits per heavy atom. The molecule has 0 unspecified atom stereocenters. The molecule has 0 saturated heterocycles. The van der Waals surface area contributed by atoms with Gasteiger partial charge >= 0.3 is 30.1 Å². The summed E-state index contributed by atoms with van der Waals surface area (Å²) in [5.41, 5.74) is -1.17. The standard InChI is InChI=1S/C33H23F5O10/c1-3-29(39)45-18-43-27-10-5-20(15-24(27)34)7-13-31(41)47-22-9-12-26(23(17-22)33(36,37)38)48-32(42)14-8-21-6-11-28(25(35)16-21)44-19-46-30(40)4-2/h3-17H,1-2,18-19H2/b13-7+,14-8+. The summed E-state index contributed by atoms with van der Waals surface area (Å²) in [5, 5.41) is 0. The van der Waals surface area contributed by atoms with Crippen LogP contribution in [-0.4, -0.2) is 37.5 Å². The van der Waals surface area contributed by atoms with Crippen molar-refractivity contribution in [3.05, 3.63) is 120 Å². The van der Waals surface area contributed by atoms with Crippen molar-refractivity contribution < 1.29 is 69.6 Å². The first-order chi connectivity index (χ1) is 22.8. The fourth-order valence-corrected chi connectivity index (χ4v) is 3.40. The summed E-state index contributed by atoms with van der Waals surface area (Å²) in [6.07, 6.45) is 0.493. The second kappa shape index (κ2) is 16.9. The van der Waals surface area contributed by atoms with Gasteiger partial charge in [-0.1, -0.05) is 25.3 Å². The van der Waals surface area contributed by atoms with Gasteiger partial charge in [-0.2, -0.15) is 13.2 Å². The molecule has 10 nitrogen and oxygen atoms in total. The molecule has 15 heteroatoms. The molecule has 0 aliphatic heterocycles. The van der Waals surface area contributed by atoms with Gasteiger partial charge in [0.2, 0.25) is 13.6 Å². The molecule has 0 aliphatic rings. The molecule has 0 amide bonds. The van der Waals surface area contributed by atoms with Gasteiger partial charge in [-0.25, -0.2) is 28.0 Å². The summed E-state index contributed by atoms with van der Waals surface area (Å²) in [4.78, 5) is 46.5. The number of halogens is 5. The minimum atomic E-state index is -5.04. The van der Waals surface area contributed by atoms with E-state index in [1.54, 1.807) is 0 Å². The predicted octanol–water partition coefficient (Wildman–Crippen LogP) is 6.35. The lowest BCUT2D eigenvalue weighted by molar-refractivity contribution is -0.145. The van der Waals surface area contributed by atoms with E-state index in [0.717, 1.165) is 66.8 Å². The Hall–Kier alpha value is -6.25. The SMILES string of the molecule is C=CC(=O)OCOc1ccc(/C=C/C(=O)Oc2ccc(OC(=O)/C=C/c3ccc(OCOC(=O)C=C)c(F)c3)c(C(F)(F)F)c2)cc1F. The molecule has 0 radical (unpaired) electrons. The van der Waals surface area contributed by atoms with Crippen molar-refractivity contribution in [1.82, 2.24) is 0 Å². The topological polar surface area (TPSA) is 124 Å². The lowest BCUT2D eigenvalue weighted by Gasteiger charge is -2.13. The molecule has 0 aliphatic carbocycles. The smallest absolute Gasteiger partial charge is 0.420 e. The van der Waals surface area contributed by atoms with E-state index >= 15 is 0 Å². The quantitative estimate of drug-likeness (QED) is 0.0628. The van der Waals surface area contributed by atoms with E-state index in [0.29, 0.717) is 6.07 Å². The minimum Gasteiger partial charge on any atom is -0.454 e. The summed E-state index contributed by atoms with van der Waals surface area (Å²) >= 11 is 0. The first-order valence-corrected chi connectivity index (χ1v) is 13.2. The Morgan fingerprint density at radius 2 is 1.08 bits per heavy atom. The molecule has 0 fully saturated rings. The monoisotopic (exact) mass is 674 g/mol. The van der Waals surface area contributed by atoms with Crippen LogP contribution in [0, 0.1) is 11.6 Å². The average Bonchev–Trinajstić information content (AvgIpc) is 3.04. The predicted molar refractivity (Wildman–Crippen MR) is 157 cm³/mol. The molecular weight excluding hydrogens is 651 g/mol. The summed E-state index contributed by atoms with van der Waals surface area (Å²) in [6, 6.07) is 9.04. The number of rotatable bonds is 14. The highest BCUT2D eigenvalue weighted by Crippen LogP contribution is 2.38. The molecule has 0 N–H and O–H groups in total. The van der Waals surface area contributed by atoms with Crippen LogP contribution in [0.4, 0.5) is 22.0 Å². The summed E-state index contributed by atoms with van der Waals surface area (Å²) in [6.45, 7) is 5.21. The van der Waals surface area contributed by atoms with Crippen LogP contribution in [0.5, 0.6) is 23.0 Å². The van der Waals surface area contributed by atoms with E-state index in [4.69, 9.17) is 18.9 Å². The molecule has 250 valence electrons. The van der Waals surface area contributed by atoms with Crippen molar-refractivity contribution in [2.24, 2.45) is 0 Å². The Bertz CT molecular complexity index is 1760. The number of carbonyl (C=O) groups excluding carboxylic acids is 4. The maximum absolute atomic E-state index is 14.2. The van der Waals surface area contributed by atoms with Crippen LogP contribution in [0.2, 0.25) is 0 Å². The van der Waals surface area contributed by atoms with E-state index in [9.17, 15) is 41.1 Å². The molecule has 0 heterocycles. The second-order valence-corrected chi connectivity index (χ2v) is 8.90. The molecule has 0 saturated carbocycles. The van der Waals surface area contributed by atoms with Crippen molar-refractivity contribution in [3.8, 4) is 23.0 Å². The fourth-order valence-electron chi connectivity index (χ4n) is 3.40. The molecule has 3 aromatic carbocycles.